The maximum Gasteiger partial charge on any atom is 0.416 e. The zero-order chi connectivity index (χ0) is 22.9. The van der Waals surface area contributed by atoms with Crippen molar-refractivity contribution in [3.63, 3.8) is 0 Å². The summed E-state index contributed by atoms with van der Waals surface area (Å²) in [5.41, 5.74) is 3.21. The van der Waals surface area contributed by atoms with Gasteiger partial charge in [0.15, 0.2) is 0 Å². The van der Waals surface area contributed by atoms with Crippen molar-refractivity contribution in [3.05, 3.63) is 95.7 Å². The number of hydrogen-bond acceptors (Lipinski definition) is 1. The minimum Gasteiger partial charge on any atom is -0.478 e. The van der Waals surface area contributed by atoms with Gasteiger partial charge in [0.05, 0.1) is 17.2 Å². The number of alkyl halides is 3. The average molecular weight is 437 g/mol. The fraction of sp³-hybridized carbons (Fsp3) is 0.192. The smallest absolute Gasteiger partial charge is 0.416 e. The molecule has 1 atom stereocenters. The van der Waals surface area contributed by atoms with Crippen molar-refractivity contribution in [3.8, 4) is 11.1 Å². The fourth-order valence-corrected chi connectivity index (χ4v) is 4.05. The van der Waals surface area contributed by atoms with Crippen LogP contribution in [-0.4, -0.2) is 15.6 Å². The number of carbonyl (C=O) groups is 1. The van der Waals surface area contributed by atoms with Crippen LogP contribution in [0.2, 0.25) is 0 Å². The van der Waals surface area contributed by atoms with E-state index in [2.05, 4.69) is 11.5 Å². The summed E-state index contributed by atoms with van der Waals surface area (Å²) in [4.78, 5) is 11.2. The molecular weight excluding hydrogens is 415 g/mol. The third kappa shape index (κ3) is 4.26. The Morgan fingerprint density at radius 1 is 0.938 bits per heavy atom. The van der Waals surface area contributed by atoms with Crippen LogP contribution in [-0.2, 0) is 6.18 Å². The van der Waals surface area contributed by atoms with Gasteiger partial charge in [0.1, 0.15) is 0 Å². The molecule has 4 aromatic rings. The van der Waals surface area contributed by atoms with Gasteiger partial charge in [0, 0.05) is 17.1 Å². The number of halogens is 3. The zero-order valence-corrected chi connectivity index (χ0v) is 17.4. The van der Waals surface area contributed by atoms with E-state index < -0.39 is 17.7 Å². The van der Waals surface area contributed by atoms with Crippen LogP contribution in [0, 0.1) is 0 Å². The van der Waals surface area contributed by atoms with Crippen LogP contribution in [0.1, 0.15) is 47.3 Å². The number of aromatic nitrogens is 1. The number of carboxylic acid groups (broad SMARTS) is 1. The second kappa shape index (κ2) is 8.54. The Labute approximate surface area is 183 Å². The minimum atomic E-state index is -4.35. The molecule has 0 aliphatic heterocycles. The first-order chi connectivity index (χ1) is 15.3. The summed E-state index contributed by atoms with van der Waals surface area (Å²) >= 11 is 0. The van der Waals surface area contributed by atoms with Crippen molar-refractivity contribution in [1.29, 1.82) is 0 Å². The molecular formula is C26H22F3NO2. The summed E-state index contributed by atoms with van der Waals surface area (Å²) in [5.74, 6) is -0.953. The first kappa shape index (κ1) is 21.7. The van der Waals surface area contributed by atoms with Gasteiger partial charge in [-0.3, -0.25) is 0 Å². The molecule has 0 bridgehead atoms. The number of hydrogen-bond donors (Lipinski definition) is 1. The first-order valence-electron chi connectivity index (χ1n) is 10.4. The van der Waals surface area contributed by atoms with Gasteiger partial charge in [-0.2, -0.15) is 13.2 Å². The monoisotopic (exact) mass is 437 g/mol. The van der Waals surface area contributed by atoms with Gasteiger partial charge < -0.3 is 9.67 Å². The van der Waals surface area contributed by atoms with Crippen molar-refractivity contribution >= 4 is 16.9 Å². The average Bonchev–Trinajstić information content (AvgIpc) is 3.20. The van der Waals surface area contributed by atoms with Crippen LogP contribution in [0.5, 0.6) is 0 Å². The van der Waals surface area contributed by atoms with Crippen molar-refractivity contribution in [1.82, 2.24) is 4.57 Å². The molecule has 1 N–H and O–H groups in total. The quantitative estimate of drug-likeness (QED) is 0.341. The minimum absolute atomic E-state index is 0.0530. The van der Waals surface area contributed by atoms with E-state index in [1.165, 1.54) is 12.1 Å². The number of rotatable bonds is 6. The van der Waals surface area contributed by atoms with E-state index >= 15 is 0 Å². The van der Waals surface area contributed by atoms with Gasteiger partial charge in [-0.15, -0.1) is 0 Å². The number of benzene rings is 3. The molecule has 1 unspecified atom stereocenters. The normalized spacial score (nSPS) is 12.8. The van der Waals surface area contributed by atoms with Crippen LogP contribution in [0.15, 0.2) is 79.0 Å². The summed E-state index contributed by atoms with van der Waals surface area (Å²) in [6.45, 7) is 2.10. The van der Waals surface area contributed by atoms with E-state index in [0.717, 1.165) is 52.6 Å². The van der Waals surface area contributed by atoms with Crippen LogP contribution in [0.25, 0.3) is 22.0 Å². The van der Waals surface area contributed by atoms with E-state index in [1.54, 1.807) is 12.1 Å². The van der Waals surface area contributed by atoms with Gasteiger partial charge in [-0.05, 0) is 65.6 Å². The summed E-state index contributed by atoms with van der Waals surface area (Å²) in [7, 11) is 0. The Kier molecular flexibility index (Phi) is 5.78. The largest absolute Gasteiger partial charge is 0.478 e. The molecule has 0 spiro atoms. The second-order valence-electron chi connectivity index (χ2n) is 7.80. The van der Waals surface area contributed by atoms with Crippen molar-refractivity contribution in [2.24, 2.45) is 0 Å². The number of nitrogens with zero attached hydrogens (tertiary/aromatic N) is 1. The molecule has 4 rings (SSSR count). The molecule has 0 amide bonds. The third-order valence-corrected chi connectivity index (χ3v) is 5.71. The highest BCUT2D eigenvalue weighted by atomic mass is 19.4. The van der Waals surface area contributed by atoms with Gasteiger partial charge in [-0.1, -0.05) is 43.7 Å². The molecule has 32 heavy (non-hydrogen) atoms. The SMILES string of the molecule is CCCC(c1ccc(C(=O)O)cc1)n1ccc2cc(-c3ccc(C(F)(F)F)cc3)ccc21. The molecule has 6 heteroatoms. The van der Waals surface area contributed by atoms with Crippen molar-refractivity contribution in [2.75, 3.05) is 0 Å². The van der Waals surface area contributed by atoms with E-state index in [4.69, 9.17) is 5.11 Å². The highest BCUT2D eigenvalue weighted by molar-refractivity contribution is 5.88. The number of carboxylic acids is 1. The maximum atomic E-state index is 12.8. The predicted octanol–water partition coefficient (Wildman–Crippen LogP) is 7.41. The molecule has 1 aromatic heterocycles. The Hall–Kier alpha value is -3.54. The number of aromatic carboxylic acids is 1. The Balaban J connectivity index is 1.68. The topological polar surface area (TPSA) is 42.2 Å². The van der Waals surface area contributed by atoms with E-state index in [-0.39, 0.29) is 11.6 Å². The van der Waals surface area contributed by atoms with Crippen LogP contribution >= 0.6 is 0 Å². The van der Waals surface area contributed by atoms with Crippen molar-refractivity contribution in [2.45, 2.75) is 32.0 Å². The molecule has 0 aliphatic rings. The highest BCUT2D eigenvalue weighted by Crippen LogP contribution is 2.33. The van der Waals surface area contributed by atoms with E-state index in [1.807, 2.05) is 42.6 Å². The summed E-state index contributed by atoms with van der Waals surface area (Å²) in [5, 5.41) is 10.1. The lowest BCUT2D eigenvalue weighted by Crippen LogP contribution is -2.10. The van der Waals surface area contributed by atoms with Gasteiger partial charge >= 0.3 is 12.1 Å². The lowest BCUT2D eigenvalue weighted by atomic mass is 10.00. The number of fused-ring (bicyclic) bond motifs is 1. The molecule has 164 valence electrons. The van der Waals surface area contributed by atoms with Gasteiger partial charge in [-0.25, -0.2) is 4.79 Å². The first-order valence-corrected chi connectivity index (χ1v) is 10.4. The van der Waals surface area contributed by atoms with E-state index in [0.29, 0.717) is 0 Å². The molecule has 0 radical (unpaired) electrons. The molecule has 0 fully saturated rings. The lowest BCUT2D eigenvalue weighted by Gasteiger charge is -2.21. The van der Waals surface area contributed by atoms with Crippen LogP contribution < -0.4 is 0 Å². The van der Waals surface area contributed by atoms with Gasteiger partial charge in [0.2, 0.25) is 0 Å². The third-order valence-electron chi connectivity index (χ3n) is 5.71. The maximum absolute atomic E-state index is 12.8. The standard InChI is InChI=1S/C26H22F3NO2/c1-2-3-23(18-4-6-19(7-5-18)25(31)32)30-15-14-21-16-20(10-13-24(21)30)17-8-11-22(12-9-17)26(27,28)29/h4-16,23H,2-3H2,1H3,(H,31,32). The predicted molar refractivity (Wildman–Crippen MR) is 119 cm³/mol. The Morgan fingerprint density at radius 2 is 1.59 bits per heavy atom. The van der Waals surface area contributed by atoms with Gasteiger partial charge in [0.25, 0.3) is 0 Å². The Morgan fingerprint density at radius 3 is 2.19 bits per heavy atom. The summed E-state index contributed by atoms with van der Waals surface area (Å²) in [6, 6.07) is 20.1. The van der Waals surface area contributed by atoms with Crippen LogP contribution in [0.3, 0.4) is 0 Å². The highest BCUT2D eigenvalue weighted by Gasteiger charge is 2.30. The van der Waals surface area contributed by atoms with Crippen molar-refractivity contribution < 1.29 is 23.1 Å². The molecule has 1 heterocycles. The lowest BCUT2D eigenvalue weighted by molar-refractivity contribution is -0.137. The summed E-state index contributed by atoms with van der Waals surface area (Å²) in [6.07, 6.45) is -0.505. The van der Waals surface area contributed by atoms with E-state index in [9.17, 15) is 18.0 Å². The molecule has 0 saturated heterocycles. The zero-order valence-electron chi connectivity index (χ0n) is 17.4. The second-order valence-corrected chi connectivity index (χ2v) is 7.80. The fourth-order valence-electron chi connectivity index (χ4n) is 4.05. The summed E-state index contributed by atoms with van der Waals surface area (Å²) < 4.78 is 40.7. The molecule has 0 saturated carbocycles. The van der Waals surface area contributed by atoms with Crippen LogP contribution in [0.4, 0.5) is 13.2 Å². The molecule has 3 nitrogen and oxygen atoms in total. The molecule has 3 aromatic carbocycles. The molecule has 0 aliphatic carbocycles. The Bertz CT molecular complexity index is 1240.